The van der Waals surface area contributed by atoms with E-state index in [0.717, 1.165) is 12.0 Å². The van der Waals surface area contributed by atoms with Gasteiger partial charge in [-0.15, -0.1) is 0 Å². The van der Waals surface area contributed by atoms with Crippen molar-refractivity contribution in [1.82, 2.24) is 4.98 Å². The van der Waals surface area contributed by atoms with Crippen LogP contribution in [0.15, 0.2) is 72.5 Å². The van der Waals surface area contributed by atoms with E-state index >= 15 is 0 Å². The molecule has 0 aliphatic carbocycles. The zero-order valence-corrected chi connectivity index (χ0v) is 12.6. The Bertz CT molecular complexity index is 513. The predicted octanol–water partition coefficient (Wildman–Crippen LogP) is 4.93. The molecule has 1 aromatic rings. The number of hydrogen-bond acceptors (Lipinski definition) is 3. The van der Waals surface area contributed by atoms with Gasteiger partial charge in [-0.05, 0) is 36.0 Å². The summed E-state index contributed by atoms with van der Waals surface area (Å²) in [4.78, 5) is 4.05. The first-order chi connectivity index (χ1) is 9.76. The van der Waals surface area contributed by atoms with E-state index in [1.807, 2.05) is 30.5 Å². The Balaban J connectivity index is 2.41. The fourth-order valence-electron chi connectivity index (χ4n) is 1.52. The van der Waals surface area contributed by atoms with Gasteiger partial charge in [0.2, 0.25) is 0 Å². The topological polar surface area (TPSA) is 36.7 Å². The fourth-order valence-corrected chi connectivity index (χ4v) is 2.17. The molecule has 0 saturated heterocycles. The lowest BCUT2D eigenvalue weighted by Gasteiger charge is -2.00. The molecule has 0 aliphatic rings. The van der Waals surface area contributed by atoms with E-state index in [4.69, 9.17) is 5.41 Å². The molecule has 104 valence electrons. The van der Waals surface area contributed by atoms with E-state index in [0.29, 0.717) is 11.5 Å². The van der Waals surface area contributed by atoms with Gasteiger partial charge in [0.25, 0.3) is 0 Å². The lowest BCUT2D eigenvalue weighted by Crippen LogP contribution is -1.95. The van der Waals surface area contributed by atoms with Gasteiger partial charge >= 0.3 is 0 Å². The van der Waals surface area contributed by atoms with Crippen LogP contribution in [0.2, 0.25) is 0 Å². The summed E-state index contributed by atoms with van der Waals surface area (Å²) in [5, 5.41) is 10.5. The number of aromatic nitrogens is 1. The number of nitrogens with one attached hydrogen (secondary N) is 1. The molecule has 0 amide bonds. The molecule has 1 rings (SSSR count). The smallest absolute Gasteiger partial charge is 0.0727 e. The molecule has 0 aromatic carbocycles. The third-order valence-electron chi connectivity index (χ3n) is 2.58. The van der Waals surface area contributed by atoms with Gasteiger partial charge in [0.1, 0.15) is 0 Å². The number of nitrogens with zero attached hydrogens (tertiary/aromatic N) is 1. The Kier molecular flexibility index (Phi) is 8.08. The van der Waals surface area contributed by atoms with Gasteiger partial charge in [-0.3, -0.25) is 10.4 Å². The van der Waals surface area contributed by atoms with Crippen LogP contribution in [0.25, 0.3) is 0 Å². The normalized spacial score (nSPS) is 12.2. The van der Waals surface area contributed by atoms with Crippen molar-refractivity contribution in [1.29, 1.82) is 5.41 Å². The number of pyridine rings is 1. The van der Waals surface area contributed by atoms with E-state index in [-0.39, 0.29) is 0 Å². The first-order valence-corrected chi connectivity index (χ1v) is 7.36. The van der Waals surface area contributed by atoms with Crippen LogP contribution >= 0.6 is 11.8 Å². The third-order valence-corrected chi connectivity index (χ3v) is 3.28. The maximum absolute atomic E-state index is 7.93. The Morgan fingerprint density at radius 3 is 3.00 bits per heavy atom. The van der Waals surface area contributed by atoms with Crippen LogP contribution in [0.1, 0.15) is 18.9 Å². The first kappa shape index (κ1) is 16.2. The molecule has 0 radical (unpaired) electrons. The number of hydrogen-bond donors (Lipinski definition) is 1. The van der Waals surface area contributed by atoms with E-state index in [1.54, 1.807) is 18.5 Å². The van der Waals surface area contributed by atoms with E-state index in [1.165, 1.54) is 17.3 Å². The molecule has 0 unspecified atom stereocenters. The Morgan fingerprint density at radius 2 is 2.35 bits per heavy atom. The molecule has 0 saturated carbocycles. The van der Waals surface area contributed by atoms with Gasteiger partial charge in [0.15, 0.2) is 0 Å². The molecule has 0 spiro atoms. The second-order valence-electron chi connectivity index (χ2n) is 4.11. The van der Waals surface area contributed by atoms with E-state index in [9.17, 15) is 0 Å². The summed E-state index contributed by atoms with van der Waals surface area (Å²) in [5.74, 6) is 0. The van der Waals surface area contributed by atoms with Crippen molar-refractivity contribution < 1.29 is 0 Å². The lowest BCUT2D eigenvalue weighted by molar-refractivity contribution is 1.22. The largest absolute Gasteiger partial charge is 0.298 e. The van der Waals surface area contributed by atoms with Crippen molar-refractivity contribution >= 4 is 16.8 Å². The molecular formula is C17H20N2S. The van der Waals surface area contributed by atoms with Crippen molar-refractivity contribution in [2.45, 2.75) is 19.8 Å². The Hall–Kier alpha value is -1.87. The SMILES string of the molecule is C=C/C=C\CC(/C=C/SC(=N)Cc1cccnc1)=C\C. The fraction of sp³-hybridized carbons (Fsp3) is 0.176. The maximum Gasteiger partial charge on any atom is 0.0727 e. The maximum atomic E-state index is 7.93. The highest BCUT2D eigenvalue weighted by atomic mass is 32.2. The molecule has 0 atom stereocenters. The quantitative estimate of drug-likeness (QED) is 0.438. The van der Waals surface area contributed by atoms with Crippen LogP contribution in [-0.4, -0.2) is 10.0 Å². The van der Waals surface area contributed by atoms with Crippen LogP contribution in [0.3, 0.4) is 0 Å². The summed E-state index contributed by atoms with van der Waals surface area (Å²) >= 11 is 1.44. The van der Waals surface area contributed by atoms with Crippen molar-refractivity contribution in [3.8, 4) is 0 Å². The number of rotatable bonds is 7. The highest BCUT2D eigenvalue weighted by molar-refractivity contribution is 8.16. The standard InChI is InChI=1S/C17H20N2S/c1-3-5-6-8-15(4-2)10-12-20-17(18)13-16-9-7-11-19-14-16/h3-7,9-12,14,18H,1,8,13H2,2H3/b6-5-,12-10+,15-4+,18-17?. The zero-order valence-electron chi connectivity index (χ0n) is 11.8. The molecule has 1 heterocycles. The minimum atomic E-state index is 0.617. The molecule has 2 nitrogen and oxygen atoms in total. The zero-order chi connectivity index (χ0) is 14.6. The average Bonchev–Trinajstić information content (AvgIpc) is 2.47. The highest BCUT2D eigenvalue weighted by Crippen LogP contribution is 2.13. The second kappa shape index (κ2) is 9.98. The summed E-state index contributed by atoms with van der Waals surface area (Å²) in [6.45, 7) is 5.67. The summed E-state index contributed by atoms with van der Waals surface area (Å²) in [5.41, 5.74) is 2.29. The van der Waals surface area contributed by atoms with Crippen LogP contribution in [0, 0.1) is 5.41 Å². The van der Waals surface area contributed by atoms with Crippen molar-refractivity contribution in [2.24, 2.45) is 0 Å². The van der Waals surface area contributed by atoms with Gasteiger partial charge in [0, 0.05) is 18.8 Å². The van der Waals surface area contributed by atoms with Gasteiger partial charge in [0.05, 0.1) is 5.04 Å². The number of allylic oxidation sites excluding steroid dienone is 6. The van der Waals surface area contributed by atoms with Gasteiger partial charge in [-0.2, -0.15) is 0 Å². The van der Waals surface area contributed by atoms with Crippen LogP contribution in [0.4, 0.5) is 0 Å². The van der Waals surface area contributed by atoms with Crippen molar-refractivity contribution in [3.05, 3.63) is 78.0 Å². The summed E-state index contributed by atoms with van der Waals surface area (Å²) in [7, 11) is 0. The summed E-state index contributed by atoms with van der Waals surface area (Å²) < 4.78 is 0. The Morgan fingerprint density at radius 1 is 1.50 bits per heavy atom. The van der Waals surface area contributed by atoms with E-state index in [2.05, 4.69) is 29.8 Å². The minimum absolute atomic E-state index is 0.617. The monoisotopic (exact) mass is 284 g/mol. The molecule has 3 heteroatoms. The number of thioether (sulfide) groups is 1. The van der Waals surface area contributed by atoms with Crippen LogP contribution in [-0.2, 0) is 6.42 Å². The van der Waals surface area contributed by atoms with Gasteiger partial charge < -0.3 is 0 Å². The predicted molar refractivity (Wildman–Crippen MR) is 90.1 cm³/mol. The third kappa shape index (κ3) is 6.90. The molecule has 1 aromatic heterocycles. The minimum Gasteiger partial charge on any atom is -0.298 e. The average molecular weight is 284 g/mol. The van der Waals surface area contributed by atoms with Gasteiger partial charge in [-0.1, -0.05) is 54.8 Å². The van der Waals surface area contributed by atoms with Crippen LogP contribution < -0.4 is 0 Å². The molecule has 20 heavy (non-hydrogen) atoms. The molecule has 0 bridgehead atoms. The molecule has 0 aliphatic heterocycles. The summed E-state index contributed by atoms with van der Waals surface area (Å²) in [6.07, 6.45) is 15.0. The molecular weight excluding hydrogens is 264 g/mol. The molecule has 0 fully saturated rings. The molecule has 1 N–H and O–H groups in total. The summed E-state index contributed by atoms with van der Waals surface area (Å²) in [6, 6.07) is 3.89. The second-order valence-corrected chi connectivity index (χ2v) is 5.11. The van der Waals surface area contributed by atoms with Crippen molar-refractivity contribution in [2.75, 3.05) is 0 Å². The lowest BCUT2D eigenvalue weighted by atomic mass is 10.2. The highest BCUT2D eigenvalue weighted by Gasteiger charge is 1.98. The first-order valence-electron chi connectivity index (χ1n) is 6.48. The van der Waals surface area contributed by atoms with Crippen LogP contribution in [0.5, 0.6) is 0 Å². The van der Waals surface area contributed by atoms with E-state index < -0.39 is 0 Å². The van der Waals surface area contributed by atoms with Gasteiger partial charge in [-0.25, -0.2) is 0 Å². The van der Waals surface area contributed by atoms with Crippen molar-refractivity contribution in [3.63, 3.8) is 0 Å². The Labute approximate surface area is 125 Å².